The maximum atomic E-state index is 14.1. The van der Waals surface area contributed by atoms with Gasteiger partial charge in [-0.15, -0.1) is 0 Å². The Bertz CT molecular complexity index is 4150. The molecule has 8 saturated heterocycles. The summed E-state index contributed by atoms with van der Waals surface area (Å²) in [7, 11) is 0. The topological polar surface area (TPSA) is 186 Å². The molecule has 3 aromatic heterocycles. The predicted molar refractivity (Wildman–Crippen MR) is 413 cm³/mol. The van der Waals surface area contributed by atoms with Crippen LogP contribution in [0.1, 0.15) is 231 Å². The first-order valence-corrected chi connectivity index (χ1v) is 40.6. The molecule has 20 nitrogen and oxygen atoms in total. The number of Topliss-reactive ketones (excluding diaryl/α,β-unsaturated/α-hetero) is 1. The SMILES string of the molecule is C=C1CCN(c2nc3ccccc3n(C3CCN(C4CCCCCCC4)CC3)c2=O)N1.C=C1CN(c2nc3ccccc3n(C3C[C@H]4CC[C@@H](C3)N4C3CCCCCCC3)c2=O)CCN1.CC(=O)CN1CCN(c2nc3ccccc3n(C3C[C@H]4CC[C@@H](C3)N4C3CCCCCCC3)c2=O)CC1=O. The molecule has 20 heteroatoms. The largest absolute Gasteiger partial charge is 0.386 e. The number of likely N-dealkylation sites (tertiary alicyclic amines) is 1. The Morgan fingerprint density at radius 2 is 0.825 bits per heavy atom. The van der Waals surface area contributed by atoms with Crippen LogP contribution in [0.3, 0.4) is 0 Å². The summed E-state index contributed by atoms with van der Waals surface area (Å²) in [5, 5.41) is 5.17. The first-order valence-electron chi connectivity index (χ1n) is 40.6. The van der Waals surface area contributed by atoms with Gasteiger partial charge in [0.15, 0.2) is 11.6 Å². The zero-order valence-corrected chi connectivity index (χ0v) is 61.7. The van der Waals surface area contributed by atoms with Gasteiger partial charge in [-0.1, -0.05) is 146 Å². The number of hydrazine groups is 1. The van der Waals surface area contributed by atoms with E-state index < -0.39 is 0 Å². The van der Waals surface area contributed by atoms with E-state index in [0.717, 1.165) is 134 Å². The van der Waals surface area contributed by atoms with Crippen molar-refractivity contribution in [2.24, 2.45) is 0 Å². The van der Waals surface area contributed by atoms with Crippen LogP contribution >= 0.6 is 0 Å². The molecule has 0 spiro atoms. The fraction of sp³-hybridized carbons (Fsp3) is 0.639. The van der Waals surface area contributed by atoms with Crippen LogP contribution < -0.4 is 42.2 Å². The van der Waals surface area contributed by atoms with Crippen molar-refractivity contribution in [2.75, 3.05) is 80.3 Å². The van der Waals surface area contributed by atoms with Crippen LogP contribution in [0, 0.1) is 0 Å². The molecule has 1 amide bonds. The number of fused-ring (bicyclic) bond motifs is 7. The lowest BCUT2D eigenvalue weighted by Gasteiger charge is -2.45. The Morgan fingerprint density at radius 3 is 1.25 bits per heavy atom. The monoisotopic (exact) mass is 1400 g/mol. The van der Waals surface area contributed by atoms with E-state index in [1.54, 1.807) is 4.90 Å². The number of piperazine rings is 2. The number of piperidine rings is 3. The van der Waals surface area contributed by atoms with E-state index in [4.69, 9.17) is 15.0 Å². The van der Waals surface area contributed by atoms with Crippen LogP contribution in [-0.4, -0.2) is 168 Å². The maximum absolute atomic E-state index is 14.1. The molecule has 2 N–H and O–H groups in total. The molecule has 11 fully saturated rings. The Labute approximate surface area is 609 Å². The minimum atomic E-state index is -0.127. The number of carbonyl (C=O) groups is 2. The van der Waals surface area contributed by atoms with Crippen molar-refractivity contribution in [3.05, 3.63) is 128 Å². The van der Waals surface area contributed by atoms with Crippen LogP contribution in [0.5, 0.6) is 0 Å². The number of ketones is 1. The number of nitrogens with one attached hydrogen (secondary N) is 2. The number of hydrogen-bond acceptors (Lipinski definition) is 16. The molecule has 3 aliphatic carbocycles. The quantitative estimate of drug-likeness (QED) is 0.125. The van der Waals surface area contributed by atoms with Gasteiger partial charge in [0, 0.05) is 124 Å². The molecular weight excluding hydrogens is 1290 g/mol. The second-order valence-corrected chi connectivity index (χ2v) is 32.5. The lowest BCUT2D eigenvalue weighted by Crippen LogP contribution is -2.53. The highest BCUT2D eigenvalue weighted by molar-refractivity contribution is 5.88. The van der Waals surface area contributed by atoms with E-state index in [9.17, 15) is 24.0 Å². The number of anilines is 3. The number of rotatable bonds is 11. The number of carbonyl (C=O) groups excluding carboxylic acids is 2. The third-order valence-electron chi connectivity index (χ3n) is 25.7. The van der Waals surface area contributed by atoms with Crippen molar-refractivity contribution >= 4 is 62.2 Å². The summed E-state index contributed by atoms with van der Waals surface area (Å²) >= 11 is 0. The molecule has 17 rings (SSSR count). The van der Waals surface area contributed by atoms with E-state index in [0.29, 0.717) is 67.3 Å². The first kappa shape index (κ1) is 71.2. The van der Waals surface area contributed by atoms with Crippen molar-refractivity contribution in [3.8, 4) is 0 Å². The van der Waals surface area contributed by atoms with Gasteiger partial charge in [-0.25, -0.2) is 15.0 Å². The molecule has 2 unspecified atom stereocenters. The highest BCUT2D eigenvalue weighted by Crippen LogP contribution is 2.47. The average molecular weight is 1400 g/mol. The van der Waals surface area contributed by atoms with Crippen molar-refractivity contribution in [1.29, 1.82) is 0 Å². The van der Waals surface area contributed by atoms with Gasteiger partial charge in [0.1, 0.15) is 5.78 Å². The van der Waals surface area contributed by atoms with Crippen LogP contribution in [-0.2, 0) is 9.59 Å². The third-order valence-corrected chi connectivity index (χ3v) is 25.7. The summed E-state index contributed by atoms with van der Waals surface area (Å²) in [6, 6.07) is 29.4. The smallest absolute Gasteiger partial charge is 0.296 e. The zero-order chi connectivity index (χ0) is 70.5. The molecule has 8 aliphatic heterocycles. The Kier molecular flexibility index (Phi) is 22.5. The molecular formula is C83H115N15O5. The van der Waals surface area contributed by atoms with Gasteiger partial charge in [0.05, 0.1) is 52.7 Å². The van der Waals surface area contributed by atoms with E-state index in [1.807, 2.05) is 79.7 Å². The van der Waals surface area contributed by atoms with Crippen LogP contribution in [0.2, 0.25) is 0 Å². The molecule has 3 aromatic carbocycles. The Morgan fingerprint density at radius 1 is 0.417 bits per heavy atom. The number of aromatic nitrogens is 6. The standard InChI is InChI=1S/C30H41N5O3.C28H39N5O.C25H35N5O/c1-21(36)19-32-15-16-33(20-28(32)37)29-30(38)35(27-12-8-7-11-26(27)31-29)25-17-23-13-14-24(18-25)34(23)22-9-5-3-2-4-6-10-22;1-20-19-31(16-15-29-20)27-28(34)33(26-12-8-7-11-25(26)30-27)24-17-22-13-14-23(18-24)32(22)21-9-5-3-2-4-6-10-21;1-19-13-18-29(27-19)24-25(31)30(23-12-8-7-11-22(23)26-24)21-14-16-28(17-15-21)20-9-5-3-2-4-6-10-20/h7-8,11-12,22-25H,2-6,9-10,13-20H2,1H3;7-8,11-12,21-24,29H,1-6,9-10,13-19H2;7-8,11-12,20-21,27H,1-6,9-10,13-18H2/t23-,24+,25?;22-,23+,24?;. The van der Waals surface area contributed by atoms with E-state index in [-0.39, 0.29) is 59.6 Å². The lowest BCUT2D eigenvalue weighted by atomic mass is 9.89. The van der Waals surface area contributed by atoms with Gasteiger partial charge >= 0.3 is 0 Å². The fourth-order valence-electron chi connectivity index (χ4n) is 20.8. The zero-order valence-electron chi connectivity index (χ0n) is 61.7. The number of amides is 1. The summed E-state index contributed by atoms with van der Waals surface area (Å²) in [5.41, 5.74) is 10.6. The summed E-state index contributed by atoms with van der Waals surface area (Å²) in [6.07, 6.45) is 41.0. The fourth-order valence-corrected chi connectivity index (χ4v) is 20.8. The molecule has 11 aliphatic rings. The van der Waals surface area contributed by atoms with Crippen molar-refractivity contribution in [3.63, 3.8) is 0 Å². The number of nitrogens with zero attached hydrogens (tertiary/aromatic N) is 13. The second-order valence-electron chi connectivity index (χ2n) is 32.5. The summed E-state index contributed by atoms with van der Waals surface area (Å²) in [6.45, 7) is 15.9. The molecule has 11 heterocycles. The highest BCUT2D eigenvalue weighted by Gasteiger charge is 2.47. The third kappa shape index (κ3) is 15.7. The molecule has 552 valence electrons. The predicted octanol–water partition coefficient (Wildman–Crippen LogP) is 12.9. The molecule has 6 atom stereocenters. The minimum Gasteiger partial charge on any atom is -0.386 e. The lowest BCUT2D eigenvalue weighted by molar-refractivity contribution is -0.134. The second kappa shape index (κ2) is 32.5. The van der Waals surface area contributed by atoms with Gasteiger partial charge < -0.3 is 44.0 Å². The average Bonchev–Trinajstić information content (AvgIpc) is 1.75. The number of para-hydroxylation sites is 6. The van der Waals surface area contributed by atoms with Crippen molar-refractivity contribution in [2.45, 2.75) is 273 Å². The minimum absolute atomic E-state index is 0.0188. The number of hydrogen-bond donors (Lipinski definition) is 2. The molecule has 0 radical (unpaired) electrons. The molecule has 103 heavy (non-hydrogen) atoms. The van der Waals surface area contributed by atoms with Gasteiger partial charge in [0.2, 0.25) is 11.7 Å². The summed E-state index contributed by atoms with van der Waals surface area (Å²) in [4.78, 5) is 94.5. The van der Waals surface area contributed by atoms with Crippen LogP contribution in [0.25, 0.3) is 33.1 Å². The highest BCUT2D eigenvalue weighted by atomic mass is 16.2. The van der Waals surface area contributed by atoms with Crippen LogP contribution in [0.15, 0.2) is 112 Å². The van der Waals surface area contributed by atoms with Crippen LogP contribution in [0.4, 0.5) is 17.5 Å². The molecule has 4 bridgehead atoms. The van der Waals surface area contributed by atoms with E-state index in [2.05, 4.69) is 60.2 Å². The molecule has 6 aromatic rings. The molecule has 3 saturated carbocycles. The Hall–Kier alpha value is -7.42. The Balaban J connectivity index is 0.000000125. The van der Waals surface area contributed by atoms with Gasteiger partial charge in [-0.05, 0) is 146 Å². The van der Waals surface area contributed by atoms with Gasteiger partial charge in [-0.3, -0.25) is 38.8 Å². The summed E-state index contributed by atoms with van der Waals surface area (Å²) in [5.74, 6) is 1.31. The van der Waals surface area contributed by atoms with Crippen molar-refractivity contribution < 1.29 is 9.59 Å². The number of benzene rings is 3. The van der Waals surface area contributed by atoms with Gasteiger partial charge in [0.25, 0.3) is 16.7 Å². The van der Waals surface area contributed by atoms with E-state index >= 15 is 0 Å². The summed E-state index contributed by atoms with van der Waals surface area (Å²) < 4.78 is 6.18. The van der Waals surface area contributed by atoms with Crippen molar-refractivity contribution in [1.82, 2.24) is 59.0 Å². The first-order chi connectivity index (χ1) is 50.4. The normalized spacial score (nSPS) is 26.5. The van der Waals surface area contributed by atoms with E-state index in [1.165, 1.54) is 167 Å². The maximum Gasteiger partial charge on any atom is 0.296 e. The van der Waals surface area contributed by atoms with Gasteiger partial charge in [-0.2, -0.15) is 0 Å².